The van der Waals surface area contributed by atoms with Crippen molar-refractivity contribution in [3.05, 3.63) is 89.5 Å². The number of phenols is 1. The molecule has 39 heavy (non-hydrogen) atoms. The first kappa shape index (κ1) is 28.4. The number of benzene rings is 3. The van der Waals surface area contributed by atoms with E-state index in [9.17, 15) is 23.4 Å². The summed E-state index contributed by atoms with van der Waals surface area (Å²) in [7, 11) is -3.56. The van der Waals surface area contributed by atoms with Gasteiger partial charge in [0, 0.05) is 36.9 Å². The Morgan fingerprint density at radius 2 is 1.74 bits per heavy atom. The van der Waals surface area contributed by atoms with Crippen molar-refractivity contribution in [3.8, 4) is 5.75 Å². The lowest BCUT2D eigenvalue weighted by molar-refractivity contribution is 0.0233. The molecule has 0 aliphatic carbocycles. The van der Waals surface area contributed by atoms with Gasteiger partial charge in [0.05, 0.1) is 24.7 Å². The van der Waals surface area contributed by atoms with Crippen LogP contribution in [0, 0.1) is 0 Å². The highest BCUT2D eigenvalue weighted by atomic mass is 32.2. The Hall–Kier alpha value is -3.64. The first-order valence-electron chi connectivity index (χ1n) is 12.7. The molecule has 1 unspecified atom stereocenters. The molecular weight excluding hydrogens is 520 g/mol. The first-order chi connectivity index (χ1) is 18.7. The van der Waals surface area contributed by atoms with Gasteiger partial charge in [-0.05, 0) is 60.4 Å². The number of nitrogens with zero attached hydrogens (tertiary/aromatic N) is 1. The van der Waals surface area contributed by atoms with Gasteiger partial charge in [-0.1, -0.05) is 36.4 Å². The molecule has 0 aromatic heterocycles. The molecule has 1 aliphatic rings. The third kappa shape index (κ3) is 8.42. The number of hydroxylamine groups is 1. The van der Waals surface area contributed by atoms with E-state index in [-0.39, 0.29) is 23.4 Å². The first-order valence-corrected chi connectivity index (χ1v) is 14.6. The number of phenolic OH excluding ortho intramolecular Hbond substituents is 1. The molecule has 4 rings (SSSR count). The van der Waals surface area contributed by atoms with Crippen molar-refractivity contribution < 1.29 is 28.3 Å². The number of piperidine rings is 1. The Kier molecular flexibility index (Phi) is 9.41. The number of hydrogen-bond donors (Lipinski definition) is 5. The van der Waals surface area contributed by atoms with Crippen LogP contribution in [0.3, 0.4) is 0 Å². The lowest BCUT2D eigenvalue weighted by atomic mass is 10.0. The molecule has 1 amide bonds. The average Bonchev–Trinajstić information content (AvgIpc) is 2.93. The van der Waals surface area contributed by atoms with Gasteiger partial charge in [0.15, 0.2) is 0 Å². The molecule has 3 aromatic carbocycles. The summed E-state index contributed by atoms with van der Waals surface area (Å²) >= 11 is 0. The number of anilines is 2. The van der Waals surface area contributed by atoms with Crippen LogP contribution in [0.1, 0.15) is 40.4 Å². The second-order valence-electron chi connectivity index (χ2n) is 9.59. The predicted octanol–water partition coefficient (Wildman–Crippen LogP) is 2.92. The minimum atomic E-state index is -3.56. The Morgan fingerprint density at radius 1 is 1.05 bits per heavy atom. The summed E-state index contributed by atoms with van der Waals surface area (Å²) in [5, 5.41) is 23.9. The smallest absolute Gasteiger partial charge is 0.274 e. The van der Waals surface area contributed by atoms with Gasteiger partial charge in [0.2, 0.25) is 10.0 Å². The standard InChI is InChI=1S/C28H34N4O6S/c1-39(36,37)31-25-17-22(9-12-26(25)33)27(34)18-29-23-13-15-32(16-14-23)24-10-7-21(8-11-24)28(35)30-38-19-20-5-3-2-4-6-20/h2-12,17,23,27,29,31,33-34H,13-16,18-19H2,1H3,(H,30,35). The summed E-state index contributed by atoms with van der Waals surface area (Å²) in [6.45, 7) is 2.23. The molecule has 1 saturated heterocycles. The molecule has 1 heterocycles. The van der Waals surface area contributed by atoms with Crippen LogP contribution in [0.4, 0.5) is 11.4 Å². The van der Waals surface area contributed by atoms with Gasteiger partial charge in [0.25, 0.3) is 5.91 Å². The van der Waals surface area contributed by atoms with Crippen LogP contribution in [0.25, 0.3) is 0 Å². The van der Waals surface area contributed by atoms with E-state index < -0.39 is 16.1 Å². The van der Waals surface area contributed by atoms with Crippen molar-refractivity contribution in [2.24, 2.45) is 0 Å². The zero-order valence-electron chi connectivity index (χ0n) is 21.7. The van der Waals surface area contributed by atoms with Crippen molar-refractivity contribution in [1.82, 2.24) is 10.8 Å². The van der Waals surface area contributed by atoms with E-state index in [4.69, 9.17) is 4.84 Å². The fourth-order valence-corrected chi connectivity index (χ4v) is 4.99. The maximum Gasteiger partial charge on any atom is 0.274 e. The van der Waals surface area contributed by atoms with Gasteiger partial charge < -0.3 is 20.4 Å². The van der Waals surface area contributed by atoms with Gasteiger partial charge in [-0.2, -0.15) is 0 Å². The molecule has 5 N–H and O–H groups in total. The van der Waals surface area contributed by atoms with Crippen molar-refractivity contribution in [1.29, 1.82) is 0 Å². The van der Waals surface area contributed by atoms with Crippen molar-refractivity contribution in [2.75, 3.05) is 35.5 Å². The Bertz CT molecular complexity index is 1340. The molecule has 208 valence electrons. The molecule has 10 nitrogen and oxygen atoms in total. The molecule has 1 atom stereocenters. The second-order valence-corrected chi connectivity index (χ2v) is 11.3. The summed E-state index contributed by atoms with van der Waals surface area (Å²) in [5.74, 6) is -0.506. The lowest BCUT2D eigenvalue weighted by Gasteiger charge is -2.34. The van der Waals surface area contributed by atoms with Gasteiger partial charge in [0.1, 0.15) is 5.75 Å². The van der Waals surface area contributed by atoms with Crippen molar-refractivity contribution in [3.63, 3.8) is 0 Å². The highest BCUT2D eigenvalue weighted by Crippen LogP contribution is 2.28. The minimum absolute atomic E-state index is 0.0329. The largest absolute Gasteiger partial charge is 0.506 e. The molecule has 0 radical (unpaired) electrons. The van der Waals surface area contributed by atoms with E-state index in [0.29, 0.717) is 24.3 Å². The summed E-state index contributed by atoms with van der Waals surface area (Å²) < 4.78 is 25.3. The highest BCUT2D eigenvalue weighted by Gasteiger charge is 2.21. The number of carbonyl (C=O) groups excluding carboxylic acids is 1. The molecule has 0 bridgehead atoms. The Balaban J connectivity index is 1.21. The second kappa shape index (κ2) is 12.9. The molecular formula is C28H34N4O6S. The van der Waals surface area contributed by atoms with Crippen molar-refractivity contribution >= 4 is 27.3 Å². The van der Waals surface area contributed by atoms with Crippen molar-refractivity contribution in [2.45, 2.75) is 31.6 Å². The monoisotopic (exact) mass is 554 g/mol. The van der Waals surface area contributed by atoms with Crippen LogP contribution in [0.5, 0.6) is 5.75 Å². The lowest BCUT2D eigenvalue weighted by Crippen LogP contribution is -2.43. The third-order valence-electron chi connectivity index (χ3n) is 6.54. The number of aliphatic hydroxyl groups excluding tert-OH is 1. The zero-order valence-corrected chi connectivity index (χ0v) is 22.5. The average molecular weight is 555 g/mol. The number of nitrogens with one attached hydrogen (secondary N) is 3. The maximum atomic E-state index is 12.4. The fourth-order valence-electron chi connectivity index (χ4n) is 4.42. The quantitative estimate of drug-likeness (QED) is 0.180. The van der Waals surface area contributed by atoms with Crippen LogP contribution in [0.2, 0.25) is 0 Å². The number of amides is 1. The zero-order chi connectivity index (χ0) is 27.8. The van der Waals surface area contributed by atoms with E-state index in [0.717, 1.165) is 43.4 Å². The highest BCUT2D eigenvalue weighted by molar-refractivity contribution is 7.92. The maximum absolute atomic E-state index is 12.4. The summed E-state index contributed by atoms with van der Waals surface area (Å²) in [5.41, 5.74) is 5.53. The van der Waals surface area contributed by atoms with E-state index in [1.165, 1.54) is 12.1 Å². The van der Waals surface area contributed by atoms with E-state index in [1.54, 1.807) is 18.2 Å². The van der Waals surface area contributed by atoms with Crippen LogP contribution >= 0.6 is 0 Å². The summed E-state index contributed by atoms with van der Waals surface area (Å²) in [4.78, 5) is 19.9. The molecule has 0 spiro atoms. The third-order valence-corrected chi connectivity index (χ3v) is 7.13. The summed E-state index contributed by atoms with van der Waals surface area (Å²) in [6.07, 6.45) is 1.88. The number of hydrogen-bond acceptors (Lipinski definition) is 8. The molecule has 1 fully saturated rings. The molecule has 1 aliphatic heterocycles. The number of aliphatic hydroxyl groups is 1. The van der Waals surface area contributed by atoms with Gasteiger partial charge in [-0.15, -0.1) is 0 Å². The van der Waals surface area contributed by atoms with Crippen LogP contribution in [0.15, 0.2) is 72.8 Å². The topological polar surface area (TPSA) is 140 Å². The minimum Gasteiger partial charge on any atom is -0.506 e. The van der Waals surface area contributed by atoms with Crippen LogP contribution in [-0.2, 0) is 21.5 Å². The Morgan fingerprint density at radius 3 is 2.41 bits per heavy atom. The van der Waals surface area contributed by atoms with Gasteiger partial charge in [-0.3, -0.25) is 14.4 Å². The number of carbonyl (C=O) groups is 1. The summed E-state index contributed by atoms with van der Waals surface area (Å²) in [6, 6.07) is 21.6. The number of aromatic hydroxyl groups is 1. The number of sulfonamides is 1. The normalized spacial score (nSPS) is 15.1. The molecule has 0 saturated carbocycles. The SMILES string of the molecule is CS(=O)(=O)Nc1cc(C(O)CNC2CCN(c3ccc(C(=O)NOCc4ccccc4)cc3)CC2)ccc1O. The fraction of sp³-hybridized carbons (Fsp3) is 0.321. The van der Waals surface area contributed by atoms with Crippen LogP contribution in [-0.4, -0.2) is 56.5 Å². The predicted molar refractivity (Wildman–Crippen MR) is 150 cm³/mol. The van der Waals surface area contributed by atoms with Gasteiger partial charge >= 0.3 is 0 Å². The van der Waals surface area contributed by atoms with Gasteiger partial charge in [-0.25, -0.2) is 13.9 Å². The Labute approximate surface area is 228 Å². The van der Waals surface area contributed by atoms with E-state index >= 15 is 0 Å². The van der Waals surface area contributed by atoms with E-state index in [2.05, 4.69) is 20.4 Å². The van der Waals surface area contributed by atoms with Crippen LogP contribution < -0.4 is 20.4 Å². The molecule has 11 heteroatoms. The number of rotatable bonds is 11. The van der Waals surface area contributed by atoms with E-state index in [1.807, 2.05) is 42.5 Å². The molecule has 3 aromatic rings.